The Hall–Kier alpha value is -1.97. The molecule has 168 valence electrons. The Morgan fingerprint density at radius 3 is 2.48 bits per heavy atom. The average Bonchev–Trinajstić information content (AvgIpc) is 2.69. The molecule has 2 aromatic rings. The van der Waals surface area contributed by atoms with Crippen molar-refractivity contribution in [3.8, 4) is 0 Å². The number of rotatable bonds is 4. The molecule has 1 aromatic heterocycles. The zero-order valence-corrected chi connectivity index (χ0v) is 17.3. The fourth-order valence-corrected chi connectivity index (χ4v) is 4.11. The molecule has 1 aromatic carbocycles. The summed E-state index contributed by atoms with van der Waals surface area (Å²) in [6.07, 6.45) is -5.53. The molecule has 0 spiro atoms. The molecule has 4 nitrogen and oxygen atoms in total. The molecule has 0 aliphatic heterocycles. The normalized spacial score (nSPS) is 22.8. The van der Waals surface area contributed by atoms with Crippen LogP contribution in [0.15, 0.2) is 30.5 Å². The second-order valence-electron chi connectivity index (χ2n) is 7.37. The van der Waals surface area contributed by atoms with Crippen molar-refractivity contribution >= 4 is 29.1 Å². The second-order valence-corrected chi connectivity index (χ2v) is 8.18. The van der Waals surface area contributed by atoms with E-state index in [1.807, 2.05) is 0 Å². The molecule has 1 unspecified atom stereocenters. The van der Waals surface area contributed by atoms with Crippen molar-refractivity contribution in [2.24, 2.45) is 0 Å². The lowest BCUT2D eigenvalue weighted by atomic mass is 9.76. The smallest absolute Gasteiger partial charge is 0.387 e. The number of carbonyl (C=O) groups excluding carboxylic acids is 1. The summed E-state index contributed by atoms with van der Waals surface area (Å²) >= 11 is 11.7. The van der Waals surface area contributed by atoms with Gasteiger partial charge < -0.3 is 10.4 Å². The van der Waals surface area contributed by atoms with Crippen molar-refractivity contribution in [1.82, 2.24) is 10.3 Å². The van der Waals surface area contributed by atoms with E-state index in [1.54, 1.807) is 0 Å². The van der Waals surface area contributed by atoms with Crippen molar-refractivity contribution in [3.63, 3.8) is 0 Å². The van der Waals surface area contributed by atoms with Crippen LogP contribution in [0.3, 0.4) is 0 Å². The second kappa shape index (κ2) is 8.88. The highest BCUT2D eigenvalue weighted by Gasteiger charge is 2.44. The molecular weight excluding hydrogens is 466 g/mol. The number of amides is 1. The largest absolute Gasteiger partial charge is 0.417 e. The minimum absolute atomic E-state index is 0.0341. The van der Waals surface area contributed by atoms with Crippen molar-refractivity contribution in [3.05, 3.63) is 63.1 Å². The third-order valence-corrected chi connectivity index (χ3v) is 5.89. The van der Waals surface area contributed by atoms with Gasteiger partial charge in [0.15, 0.2) is 0 Å². The number of hydrogen-bond donors (Lipinski definition) is 2. The quantitative estimate of drug-likeness (QED) is 0.552. The Kier molecular flexibility index (Phi) is 6.78. The zero-order chi connectivity index (χ0) is 23.0. The first-order chi connectivity index (χ1) is 14.4. The molecule has 1 atom stereocenters. The van der Waals surface area contributed by atoms with Gasteiger partial charge in [0, 0.05) is 16.8 Å². The van der Waals surface area contributed by atoms with Gasteiger partial charge in [-0.05, 0) is 49.9 Å². The van der Waals surface area contributed by atoms with Gasteiger partial charge in [0.25, 0.3) is 5.91 Å². The molecule has 11 heteroatoms. The molecule has 31 heavy (non-hydrogen) atoms. The molecule has 0 bridgehead atoms. The Balaban J connectivity index is 2.02. The van der Waals surface area contributed by atoms with E-state index < -0.39 is 52.0 Å². The summed E-state index contributed by atoms with van der Waals surface area (Å²) in [6, 6.07) is 2.65. The van der Waals surface area contributed by atoms with Gasteiger partial charge in [0.05, 0.1) is 22.2 Å². The topological polar surface area (TPSA) is 62.2 Å². The van der Waals surface area contributed by atoms with Crippen LogP contribution in [0.5, 0.6) is 0 Å². The van der Waals surface area contributed by atoms with Gasteiger partial charge in [0.2, 0.25) is 0 Å². The fraction of sp³-hybridized carbons (Fsp3) is 0.400. The van der Waals surface area contributed by atoms with Crippen LogP contribution in [-0.2, 0) is 6.18 Å². The van der Waals surface area contributed by atoms with E-state index in [-0.39, 0.29) is 36.3 Å². The van der Waals surface area contributed by atoms with Gasteiger partial charge in [-0.15, -0.1) is 0 Å². The molecule has 1 amide bonds. The molecule has 0 saturated heterocycles. The Morgan fingerprint density at radius 1 is 1.23 bits per heavy atom. The van der Waals surface area contributed by atoms with Crippen molar-refractivity contribution in [2.45, 2.75) is 49.7 Å². The van der Waals surface area contributed by atoms with Gasteiger partial charge in [0.1, 0.15) is 17.7 Å². The van der Waals surface area contributed by atoms with Gasteiger partial charge in [-0.2, -0.15) is 13.2 Å². The highest BCUT2D eigenvalue weighted by molar-refractivity contribution is 6.34. The molecule has 1 fully saturated rings. The van der Waals surface area contributed by atoms with E-state index in [2.05, 4.69) is 10.3 Å². The fourth-order valence-electron chi connectivity index (χ4n) is 3.63. The first-order valence-electron chi connectivity index (χ1n) is 9.26. The summed E-state index contributed by atoms with van der Waals surface area (Å²) in [5.74, 6) is -1.97. The molecule has 3 rings (SSSR count). The van der Waals surface area contributed by atoms with E-state index in [0.29, 0.717) is 6.07 Å². The number of carbonyl (C=O) groups is 1. The lowest BCUT2D eigenvalue weighted by Crippen LogP contribution is -2.49. The summed E-state index contributed by atoms with van der Waals surface area (Å²) in [6.45, 7) is 0. The number of nitrogens with zero attached hydrogens (tertiary/aromatic N) is 1. The first-order valence-corrected chi connectivity index (χ1v) is 10.0. The maximum Gasteiger partial charge on any atom is 0.417 e. The van der Waals surface area contributed by atoms with E-state index in [0.717, 1.165) is 12.3 Å². The van der Waals surface area contributed by atoms with Gasteiger partial charge >= 0.3 is 6.18 Å². The van der Waals surface area contributed by atoms with E-state index in [4.69, 9.17) is 23.2 Å². The Labute approximate surface area is 184 Å². The molecule has 1 saturated carbocycles. The molecule has 1 heterocycles. The highest BCUT2D eigenvalue weighted by atomic mass is 35.5. The maximum atomic E-state index is 14.6. The van der Waals surface area contributed by atoms with Crippen LogP contribution in [0.1, 0.15) is 53.3 Å². The van der Waals surface area contributed by atoms with Crippen molar-refractivity contribution < 1.29 is 31.9 Å². The average molecular weight is 483 g/mol. The van der Waals surface area contributed by atoms with E-state index in [1.165, 1.54) is 12.1 Å². The van der Waals surface area contributed by atoms with Crippen LogP contribution < -0.4 is 5.32 Å². The summed E-state index contributed by atoms with van der Waals surface area (Å²) < 4.78 is 67.6. The monoisotopic (exact) mass is 482 g/mol. The number of halogens is 7. The third-order valence-electron chi connectivity index (χ3n) is 5.27. The van der Waals surface area contributed by atoms with Crippen molar-refractivity contribution in [1.29, 1.82) is 0 Å². The third kappa shape index (κ3) is 5.10. The molecule has 1 aliphatic rings. The number of nitrogens with one attached hydrogen (secondary N) is 1. The van der Waals surface area contributed by atoms with Gasteiger partial charge in [-0.3, -0.25) is 4.79 Å². The van der Waals surface area contributed by atoms with E-state index in [9.17, 15) is 31.9 Å². The molecule has 2 N–H and O–H groups in total. The Morgan fingerprint density at radius 2 is 1.87 bits per heavy atom. The van der Waals surface area contributed by atoms with Crippen LogP contribution in [0, 0.1) is 5.82 Å². The minimum atomic E-state index is -4.83. The van der Waals surface area contributed by atoms with Crippen LogP contribution in [0.4, 0.5) is 22.0 Å². The number of alkyl halides is 4. The van der Waals surface area contributed by atoms with E-state index >= 15 is 0 Å². The Bertz CT molecular complexity index is 979. The molecule has 0 radical (unpaired) electrons. The van der Waals surface area contributed by atoms with Crippen LogP contribution in [0.2, 0.25) is 10.0 Å². The van der Waals surface area contributed by atoms with Crippen LogP contribution in [0.25, 0.3) is 0 Å². The SMILES string of the molecule is O=C(NC(c1cc(Cl)ccc1F)C1(O)CCC(F)CC1)c1nccc(C(F)(F)F)c1Cl. The predicted octanol–water partition coefficient (Wildman–Crippen LogP) is 5.66. The molecular formula is C20H17Cl2F5N2O2. The van der Waals surface area contributed by atoms with Gasteiger partial charge in [-0.1, -0.05) is 23.2 Å². The number of pyridine rings is 1. The standard InChI is InChI=1S/C20H17Cl2F5N2O2/c21-10-1-2-14(24)12(9-10)17(19(31)6-3-11(23)4-7-19)29-18(30)16-15(22)13(5-8-28-16)20(25,26)27/h1-2,5,8-9,11,17,31H,3-4,6-7H2,(H,29,30). The maximum absolute atomic E-state index is 14.6. The summed E-state index contributed by atoms with van der Waals surface area (Å²) in [7, 11) is 0. The summed E-state index contributed by atoms with van der Waals surface area (Å²) in [4.78, 5) is 16.4. The summed E-state index contributed by atoms with van der Waals surface area (Å²) in [5, 5.41) is 12.7. The van der Waals surface area contributed by atoms with Crippen molar-refractivity contribution in [2.75, 3.05) is 0 Å². The molecule has 1 aliphatic carbocycles. The van der Waals surface area contributed by atoms with Gasteiger partial charge in [-0.25, -0.2) is 13.8 Å². The van der Waals surface area contributed by atoms with Crippen LogP contribution in [-0.4, -0.2) is 27.8 Å². The lowest BCUT2D eigenvalue weighted by Gasteiger charge is -2.40. The zero-order valence-electron chi connectivity index (χ0n) is 15.8. The highest BCUT2D eigenvalue weighted by Crippen LogP contribution is 2.41. The van der Waals surface area contributed by atoms with Crippen LogP contribution >= 0.6 is 23.2 Å². The number of hydrogen-bond acceptors (Lipinski definition) is 3. The number of aliphatic hydroxyl groups is 1. The predicted molar refractivity (Wildman–Crippen MR) is 104 cm³/mol. The number of aromatic nitrogens is 1. The first kappa shape index (κ1) is 23.7. The lowest BCUT2D eigenvalue weighted by molar-refractivity contribution is -0.137. The number of benzene rings is 1. The minimum Gasteiger partial charge on any atom is -0.387 e. The summed E-state index contributed by atoms with van der Waals surface area (Å²) in [5.41, 5.74) is -3.97.